The summed E-state index contributed by atoms with van der Waals surface area (Å²) < 4.78 is 4.90. The van der Waals surface area contributed by atoms with Crippen molar-refractivity contribution < 1.29 is 9.84 Å². The second kappa shape index (κ2) is 5.63. The maximum absolute atomic E-state index is 8.94. The van der Waals surface area contributed by atoms with E-state index in [1.807, 2.05) is 0 Å². The van der Waals surface area contributed by atoms with Crippen molar-refractivity contribution >= 4 is 0 Å². The van der Waals surface area contributed by atoms with Crippen LogP contribution in [0.4, 0.5) is 0 Å². The maximum Gasteiger partial charge on any atom is 0.188 e. The molecule has 0 radical (unpaired) electrons. The Morgan fingerprint density at radius 1 is 1.64 bits per heavy atom. The number of hydrogen-bond acceptors (Lipinski definition) is 6. The molecule has 14 heavy (non-hydrogen) atoms. The smallest absolute Gasteiger partial charge is 0.188 e. The molecule has 0 aliphatic rings. The molecular weight excluding hydrogens is 186 g/mol. The van der Waals surface area contributed by atoms with Crippen LogP contribution in [0.3, 0.4) is 0 Å². The van der Waals surface area contributed by atoms with Gasteiger partial charge in [-0.3, -0.25) is 0 Å². The van der Waals surface area contributed by atoms with Crippen LogP contribution >= 0.6 is 0 Å². The molecule has 0 spiro atoms. The molecule has 0 aromatic carbocycles. The molecule has 2 N–H and O–H groups in total. The van der Waals surface area contributed by atoms with Gasteiger partial charge in [0, 0.05) is 7.11 Å². The summed E-state index contributed by atoms with van der Waals surface area (Å²) in [7, 11) is 3.29. The van der Waals surface area contributed by atoms with Gasteiger partial charge in [0.05, 0.1) is 32.8 Å². The minimum Gasteiger partial charge on any atom is -0.395 e. The van der Waals surface area contributed by atoms with Crippen LogP contribution in [0.5, 0.6) is 0 Å². The van der Waals surface area contributed by atoms with Crippen molar-refractivity contribution in [2.45, 2.75) is 12.6 Å². The van der Waals surface area contributed by atoms with Crippen molar-refractivity contribution in [1.29, 1.82) is 0 Å². The quantitative estimate of drug-likeness (QED) is 0.571. The molecule has 7 nitrogen and oxygen atoms in total. The van der Waals surface area contributed by atoms with E-state index in [2.05, 4.69) is 20.7 Å². The molecule has 0 saturated heterocycles. The highest BCUT2D eigenvalue weighted by molar-refractivity contribution is 4.77. The third-order valence-electron chi connectivity index (χ3n) is 1.69. The van der Waals surface area contributed by atoms with Gasteiger partial charge in [-0.25, -0.2) is 0 Å². The Kier molecular flexibility index (Phi) is 4.44. The number of nitrogens with zero attached hydrogens (tertiary/aromatic N) is 4. The number of tetrazole rings is 1. The van der Waals surface area contributed by atoms with E-state index in [9.17, 15) is 0 Å². The fraction of sp³-hybridized carbons (Fsp3) is 0.857. The number of aromatic nitrogens is 4. The van der Waals surface area contributed by atoms with Gasteiger partial charge in [0.1, 0.15) is 0 Å². The molecule has 0 amide bonds. The fourth-order valence-electron chi connectivity index (χ4n) is 1.01. The Balaban J connectivity index is 2.31. The van der Waals surface area contributed by atoms with Gasteiger partial charge >= 0.3 is 0 Å². The molecule has 80 valence electrons. The fourth-order valence-corrected chi connectivity index (χ4v) is 1.01. The molecule has 0 aliphatic heterocycles. The van der Waals surface area contributed by atoms with Crippen molar-refractivity contribution in [3.05, 3.63) is 5.82 Å². The molecule has 7 heteroatoms. The number of aliphatic hydroxyl groups is 1. The SMILES string of the molecule is COCC(CO)NCc1nnn(C)n1. The van der Waals surface area contributed by atoms with E-state index in [1.165, 1.54) is 4.80 Å². The number of aryl methyl sites for hydroxylation is 1. The number of hydrogen-bond donors (Lipinski definition) is 2. The third kappa shape index (κ3) is 3.36. The summed E-state index contributed by atoms with van der Waals surface area (Å²) in [6, 6.07) is -0.0937. The molecule has 0 saturated carbocycles. The van der Waals surface area contributed by atoms with Crippen LogP contribution in [0.1, 0.15) is 5.82 Å². The van der Waals surface area contributed by atoms with Gasteiger partial charge in [0.2, 0.25) is 0 Å². The van der Waals surface area contributed by atoms with Crippen molar-refractivity contribution in [3.8, 4) is 0 Å². The Hall–Kier alpha value is -1.05. The lowest BCUT2D eigenvalue weighted by molar-refractivity contribution is 0.127. The molecule has 1 unspecified atom stereocenters. The molecule has 0 fully saturated rings. The molecule has 1 heterocycles. The van der Waals surface area contributed by atoms with Crippen LogP contribution in [0.2, 0.25) is 0 Å². The zero-order valence-electron chi connectivity index (χ0n) is 8.34. The van der Waals surface area contributed by atoms with Crippen LogP contribution in [-0.2, 0) is 18.3 Å². The molecule has 1 atom stereocenters. The van der Waals surface area contributed by atoms with E-state index in [4.69, 9.17) is 9.84 Å². The summed E-state index contributed by atoms with van der Waals surface area (Å²) in [6.45, 7) is 0.952. The summed E-state index contributed by atoms with van der Waals surface area (Å²) in [5.41, 5.74) is 0. The minimum atomic E-state index is -0.0937. The Morgan fingerprint density at radius 3 is 2.93 bits per heavy atom. The van der Waals surface area contributed by atoms with Crippen LogP contribution in [0.25, 0.3) is 0 Å². The maximum atomic E-state index is 8.94. The van der Waals surface area contributed by atoms with Crippen molar-refractivity contribution in [2.75, 3.05) is 20.3 Å². The van der Waals surface area contributed by atoms with Gasteiger partial charge in [-0.1, -0.05) is 0 Å². The lowest BCUT2D eigenvalue weighted by Gasteiger charge is -2.13. The summed E-state index contributed by atoms with van der Waals surface area (Å²) in [5, 5.41) is 23.5. The molecule has 1 aromatic rings. The van der Waals surface area contributed by atoms with Crippen LogP contribution in [0.15, 0.2) is 0 Å². The first-order valence-corrected chi connectivity index (χ1v) is 4.32. The topological polar surface area (TPSA) is 85.1 Å². The highest BCUT2D eigenvalue weighted by atomic mass is 16.5. The zero-order valence-corrected chi connectivity index (χ0v) is 8.34. The molecule has 1 rings (SSSR count). The van der Waals surface area contributed by atoms with Gasteiger partial charge < -0.3 is 15.2 Å². The number of aliphatic hydroxyl groups excluding tert-OH is 1. The summed E-state index contributed by atoms with van der Waals surface area (Å²) >= 11 is 0. The predicted octanol–water partition coefficient (Wildman–Crippen LogP) is -1.69. The van der Waals surface area contributed by atoms with Gasteiger partial charge in [-0.15, -0.1) is 10.2 Å². The number of rotatable bonds is 6. The molecular formula is C7H15N5O2. The lowest BCUT2D eigenvalue weighted by Crippen LogP contribution is -2.36. The van der Waals surface area contributed by atoms with Crippen LogP contribution in [-0.4, -0.2) is 51.7 Å². The predicted molar refractivity (Wildman–Crippen MR) is 48.4 cm³/mol. The van der Waals surface area contributed by atoms with Gasteiger partial charge in [-0.2, -0.15) is 4.80 Å². The zero-order chi connectivity index (χ0) is 10.4. The van der Waals surface area contributed by atoms with E-state index < -0.39 is 0 Å². The first-order chi connectivity index (χ1) is 6.76. The van der Waals surface area contributed by atoms with E-state index in [-0.39, 0.29) is 12.6 Å². The Labute approximate surface area is 82.1 Å². The Morgan fingerprint density at radius 2 is 2.43 bits per heavy atom. The third-order valence-corrected chi connectivity index (χ3v) is 1.69. The summed E-state index contributed by atoms with van der Waals surface area (Å²) in [6.07, 6.45) is 0. The van der Waals surface area contributed by atoms with Crippen LogP contribution < -0.4 is 5.32 Å². The average Bonchev–Trinajstić information content (AvgIpc) is 2.59. The first kappa shape index (κ1) is 11.0. The monoisotopic (exact) mass is 201 g/mol. The minimum absolute atomic E-state index is 0.0219. The standard InChI is InChI=1S/C7H15N5O2/c1-12-10-7(9-11-12)3-8-6(4-13)5-14-2/h6,8,13H,3-5H2,1-2H3. The normalized spacial score (nSPS) is 13.1. The second-order valence-corrected chi connectivity index (χ2v) is 2.91. The van der Waals surface area contributed by atoms with E-state index in [0.717, 1.165) is 0 Å². The average molecular weight is 201 g/mol. The highest BCUT2D eigenvalue weighted by Crippen LogP contribution is 1.88. The number of ether oxygens (including phenoxy) is 1. The first-order valence-electron chi connectivity index (χ1n) is 4.32. The van der Waals surface area contributed by atoms with E-state index in [1.54, 1.807) is 14.2 Å². The second-order valence-electron chi connectivity index (χ2n) is 2.91. The largest absolute Gasteiger partial charge is 0.395 e. The van der Waals surface area contributed by atoms with E-state index in [0.29, 0.717) is 19.0 Å². The lowest BCUT2D eigenvalue weighted by atomic mass is 10.3. The number of methoxy groups -OCH3 is 1. The summed E-state index contributed by atoms with van der Waals surface area (Å²) in [4.78, 5) is 1.39. The van der Waals surface area contributed by atoms with E-state index >= 15 is 0 Å². The van der Waals surface area contributed by atoms with Crippen molar-refractivity contribution in [2.24, 2.45) is 7.05 Å². The Bertz CT molecular complexity index is 264. The van der Waals surface area contributed by atoms with Gasteiger partial charge in [0.15, 0.2) is 5.82 Å². The number of nitrogens with one attached hydrogen (secondary N) is 1. The highest BCUT2D eigenvalue weighted by Gasteiger charge is 2.07. The van der Waals surface area contributed by atoms with Crippen molar-refractivity contribution in [3.63, 3.8) is 0 Å². The molecule has 0 aliphatic carbocycles. The summed E-state index contributed by atoms with van der Waals surface area (Å²) in [5.74, 6) is 0.599. The van der Waals surface area contributed by atoms with Crippen molar-refractivity contribution in [1.82, 2.24) is 25.5 Å². The van der Waals surface area contributed by atoms with Crippen LogP contribution in [0, 0.1) is 0 Å². The molecule has 1 aromatic heterocycles. The van der Waals surface area contributed by atoms with Gasteiger partial charge in [-0.05, 0) is 5.21 Å². The molecule has 0 bridgehead atoms. The van der Waals surface area contributed by atoms with Gasteiger partial charge in [0.25, 0.3) is 0 Å².